The number of nitrogens with zero attached hydrogens (tertiary/aromatic N) is 2. The van der Waals surface area contributed by atoms with E-state index in [0.29, 0.717) is 19.7 Å². The Morgan fingerprint density at radius 1 is 1.14 bits per heavy atom. The van der Waals surface area contributed by atoms with Crippen LogP contribution in [0.1, 0.15) is 50.7 Å². The summed E-state index contributed by atoms with van der Waals surface area (Å²) in [6, 6.07) is 8.40. The Kier molecular flexibility index (Phi) is 8.30. The van der Waals surface area contributed by atoms with Gasteiger partial charge in [0.05, 0.1) is 18.1 Å². The number of rotatable bonds is 8. The molecule has 28 heavy (non-hydrogen) atoms. The highest BCUT2D eigenvalue weighted by molar-refractivity contribution is 5.85. The molecule has 6 heteroatoms. The topological polar surface area (TPSA) is 66.0 Å². The minimum Gasteiger partial charge on any atom is -0.374 e. The summed E-state index contributed by atoms with van der Waals surface area (Å²) in [5.74, 6) is 0.942. The van der Waals surface area contributed by atoms with Crippen LogP contribution in [0.15, 0.2) is 29.3 Å². The Hall–Kier alpha value is -2.08. The third-order valence-corrected chi connectivity index (χ3v) is 5.30. The van der Waals surface area contributed by atoms with Crippen molar-refractivity contribution in [1.29, 1.82) is 0 Å². The van der Waals surface area contributed by atoms with E-state index in [1.807, 2.05) is 27.9 Å². The Morgan fingerprint density at radius 2 is 1.75 bits per heavy atom. The van der Waals surface area contributed by atoms with Gasteiger partial charge in [-0.2, -0.15) is 0 Å². The van der Waals surface area contributed by atoms with Gasteiger partial charge in [-0.05, 0) is 37.8 Å². The molecule has 0 aliphatic heterocycles. The van der Waals surface area contributed by atoms with Crippen molar-refractivity contribution in [3.05, 3.63) is 35.4 Å². The summed E-state index contributed by atoms with van der Waals surface area (Å²) in [5, 5.41) is 6.72. The third-order valence-electron chi connectivity index (χ3n) is 5.30. The van der Waals surface area contributed by atoms with Crippen LogP contribution in [0.2, 0.25) is 0 Å². The maximum absolute atomic E-state index is 12.7. The summed E-state index contributed by atoms with van der Waals surface area (Å²) in [5.41, 5.74) is 2.04. The molecule has 2 rings (SSSR count). The van der Waals surface area contributed by atoms with E-state index in [0.717, 1.165) is 31.6 Å². The number of carbonyl (C=O) groups excluding carboxylic acids is 1. The average Bonchev–Trinajstić information content (AvgIpc) is 3.16. The highest BCUT2D eigenvalue weighted by Crippen LogP contribution is 2.38. The molecular formula is C22H36N4O2. The van der Waals surface area contributed by atoms with Crippen molar-refractivity contribution in [2.45, 2.75) is 58.8 Å². The normalized spacial score (nSPS) is 16.3. The Labute approximate surface area is 169 Å². The summed E-state index contributed by atoms with van der Waals surface area (Å²) in [6.07, 6.45) is 4.33. The van der Waals surface area contributed by atoms with E-state index in [9.17, 15) is 4.79 Å². The first-order valence-electron chi connectivity index (χ1n) is 10.2. The second-order valence-corrected chi connectivity index (χ2v) is 8.14. The van der Waals surface area contributed by atoms with Gasteiger partial charge in [0, 0.05) is 34.2 Å². The van der Waals surface area contributed by atoms with Crippen LogP contribution >= 0.6 is 0 Å². The van der Waals surface area contributed by atoms with Crippen LogP contribution < -0.4 is 10.6 Å². The van der Waals surface area contributed by atoms with E-state index < -0.39 is 0 Å². The van der Waals surface area contributed by atoms with E-state index in [2.05, 4.69) is 39.9 Å². The zero-order valence-corrected chi connectivity index (χ0v) is 18.0. The molecule has 0 atom stereocenters. The summed E-state index contributed by atoms with van der Waals surface area (Å²) in [7, 11) is 5.44. The lowest BCUT2D eigenvalue weighted by Gasteiger charge is -2.31. The highest BCUT2D eigenvalue weighted by Gasteiger charge is 2.42. The Morgan fingerprint density at radius 3 is 2.29 bits per heavy atom. The van der Waals surface area contributed by atoms with Crippen LogP contribution in [-0.4, -0.2) is 50.6 Å². The first-order chi connectivity index (χ1) is 13.4. The van der Waals surface area contributed by atoms with Crippen molar-refractivity contribution < 1.29 is 9.53 Å². The molecule has 0 bridgehead atoms. The van der Waals surface area contributed by atoms with Crippen molar-refractivity contribution >= 4 is 11.9 Å². The van der Waals surface area contributed by atoms with Gasteiger partial charge in [-0.1, -0.05) is 37.1 Å². The summed E-state index contributed by atoms with van der Waals surface area (Å²) < 4.78 is 5.63. The monoisotopic (exact) mass is 388 g/mol. The molecular weight excluding hydrogens is 352 g/mol. The first-order valence-corrected chi connectivity index (χ1v) is 10.2. The van der Waals surface area contributed by atoms with Gasteiger partial charge in [0.1, 0.15) is 0 Å². The van der Waals surface area contributed by atoms with Gasteiger partial charge < -0.3 is 20.3 Å². The highest BCUT2D eigenvalue weighted by atomic mass is 16.5. The van der Waals surface area contributed by atoms with E-state index >= 15 is 0 Å². The lowest BCUT2D eigenvalue weighted by Crippen LogP contribution is -2.49. The Bertz CT molecular complexity index is 647. The molecule has 1 aromatic rings. The quantitative estimate of drug-likeness (QED) is 0.531. The predicted octanol–water partition coefficient (Wildman–Crippen LogP) is 2.93. The number of ether oxygens (including phenoxy) is 1. The van der Waals surface area contributed by atoms with Crippen LogP contribution in [-0.2, 0) is 22.7 Å². The molecule has 1 saturated carbocycles. The lowest BCUT2D eigenvalue weighted by atomic mass is 9.84. The van der Waals surface area contributed by atoms with Crippen molar-refractivity contribution in [1.82, 2.24) is 15.5 Å². The van der Waals surface area contributed by atoms with Crippen LogP contribution in [0, 0.1) is 5.41 Å². The fraction of sp³-hybridized carbons (Fsp3) is 0.636. The SMILES string of the molecule is CN=C(NCc1ccc(COC(C)C)cc1)NCC1(C(=O)N(C)C)CCCC1. The van der Waals surface area contributed by atoms with E-state index in [1.54, 1.807) is 11.9 Å². The van der Waals surface area contributed by atoms with Crippen molar-refractivity contribution in [3.63, 3.8) is 0 Å². The summed E-state index contributed by atoms with van der Waals surface area (Å²) in [4.78, 5) is 18.7. The molecule has 0 spiro atoms. The smallest absolute Gasteiger partial charge is 0.230 e. The van der Waals surface area contributed by atoms with Gasteiger partial charge in [0.2, 0.25) is 5.91 Å². The van der Waals surface area contributed by atoms with Crippen molar-refractivity contribution in [2.75, 3.05) is 27.7 Å². The van der Waals surface area contributed by atoms with E-state index in [1.165, 1.54) is 11.1 Å². The Balaban J connectivity index is 1.86. The molecule has 0 saturated heterocycles. The van der Waals surface area contributed by atoms with Gasteiger partial charge in [0.15, 0.2) is 5.96 Å². The molecule has 1 aromatic carbocycles. The standard InChI is InChI=1S/C22H36N4O2/c1-17(2)28-15-19-10-8-18(9-11-19)14-24-21(23-3)25-16-22(12-6-7-13-22)20(27)26(4)5/h8-11,17H,6-7,12-16H2,1-5H3,(H2,23,24,25). The number of hydrogen-bond donors (Lipinski definition) is 2. The van der Waals surface area contributed by atoms with Crippen LogP contribution in [0.4, 0.5) is 0 Å². The fourth-order valence-electron chi connectivity index (χ4n) is 3.67. The molecule has 156 valence electrons. The zero-order valence-electron chi connectivity index (χ0n) is 18.0. The molecule has 0 unspecified atom stereocenters. The molecule has 1 fully saturated rings. The lowest BCUT2D eigenvalue weighted by molar-refractivity contribution is -0.138. The summed E-state index contributed by atoms with van der Waals surface area (Å²) in [6.45, 7) is 6.02. The zero-order chi connectivity index (χ0) is 20.6. The molecule has 1 aliphatic rings. The number of amides is 1. The van der Waals surface area contributed by atoms with Gasteiger partial charge in [-0.15, -0.1) is 0 Å². The van der Waals surface area contributed by atoms with Crippen molar-refractivity contribution in [3.8, 4) is 0 Å². The maximum Gasteiger partial charge on any atom is 0.230 e. The molecule has 2 N–H and O–H groups in total. The number of guanidine groups is 1. The fourth-order valence-corrected chi connectivity index (χ4v) is 3.67. The molecule has 1 aliphatic carbocycles. The van der Waals surface area contributed by atoms with Crippen LogP contribution in [0.3, 0.4) is 0 Å². The minimum absolute atomic E-state index is 0.215. The molecule has 0 radical (unpaired) electrons. The average molecular weight is 389 g/mol. The number of aliphatic imine (C=N–C) groups is 1. The number of nitrogens with one attached hydrogen (secondary N) is 2. The first kappa shape index (κ1) is 22.2. The number of benzene rings is 1. The second kappa shape index (κ2) is 10.5. The van der Waals surface area contributed by atoms with Gasteiger partial charge >= 0.3 is 0 Å². The summed E-state index contributed by atoms with van der Waals surface area (Å²) >= 11 is 0. The van der Waals surface area contributed by atoms with Crippen LogP contribution in [0.25, 0.3) is 0 Å². The van der Waals surface area contributed by atoms with Crippen LogP contribution in [0.5, 0.6) is 0 Å². The van der Waals surface area contributed by atoms with Gasteiger partial charge in [-0.25, -0.2) is 0 Å². The minimum atomic E-state index is -0.306. The van der Waals surface area contributed by atoms with Crippen molar-refractivity contribution in [2.24, 2.45) is 10.4 Å². The largest absolute Gasteiger partial charge is 0.374 e. The second-order valence-electron chi connectivity index (χ2n) is 8.14. The van der Waals surface area contributed by atoms with Gasteiger partial charge in [-0.3, -0.25) is 9.79 Å². The van der Waals surface area contributed by atoms with E-state index in [4.69, 9.17) is 4.74 Å². The maximum atomic E-state index is 12.7. The third kappa shape index (κ3) is 6.23. The number of carbonyl (C=O) groups is 1. The van der Waals surface area contributed by atoms with E-state index in [-0.39, 0.29) is 17.4 Å². The molecule has 1 amide bonds. The van der Waals surface area contributed by atoms with Gasteiger partial charge in [0.25, 0.3) is 0 Å². The molecule has 6 nitrogen and oxygen atoms in total. The number of hydrogen-bond acceptors (Lipinski definition) is 3. The predicted molar refractivity (Wildman–Crippen MR) is 114 cm³/mol. The molecule has 0 aromatic heterocycles. The molecule has 0 heterocycles.